The fourth-order valence-corrected chi connectivity index (χ4v) is 2.21. The van der Waals surface area contributed by atoms with Gasteiger partial charge in [0.1, 0.15) is 0 Å². The summed E-state index contributed by atoms with van der Waals surface area (Å²) in [6, 6.07) is 4.07. The Kier molecular flexibility index (Phi) is 2.68. The van der Waals surface area contributed by atoms with Crippen LogP contribution in [0.25, 0.3) is 5.65 Å². The average molecular weight is 231 g/mol. The van der Waals surface area contributed by atoms with E-state index in [1.165, 1.54) is 5.56 Å². The van der Waals surface area contributed by atoms with E-state index in [0.717, 1.165) is 44.2 Å². The molecule has 1 aliphatic rings. The quantitative estimate of drug-likeness (QED) is 0.790. The molecule has 5 nitrogen and oxygen atoms in total. The summed E-state index contributed by atoms with van der Waals surface area (Å²) in [6.45, 7) is 6.17. The number of hydrogen-bond donors (Lipinski definition) is 1. The van der Waals surface area contributed by atoms with Crippen molar-refractivity contribution >= 4 is 11.6 Å². The third-order valence-electron chi connectivity index (χ3n) is 3.17. The van der Waals surface area contributed by atoms with Crippen molar-refractivity contribution < 1.29 is 0 Å². The van der Waals surface area contributed by atoms with Gasteiger partial charge in [0.2, 0.25) is 5.95 Å². The highest BCUT2D eigenvalue weighted by atomic mass is 15.4. The van der Waals surface area contributed by atoms with Crippen LogP contribution in [0, 0.1) is 6.92 Å². The van der Waals surface area contributed by atoms with Crippen LogP contribution in [-0.2, 0) is 0 Å². The molecule has 0 aliphatic carbocycles. The summed E-state index contributed by atoms with van der Waals surface area (Å²) in [5.74, 6) is 0.850. The van der Waals surface area contributed by atoms with Crippen LogP contribution in [0.2, 0.25) is 0 Å². The van der Waals surface area contributed by atoms with Crippen molar-refractivity contribution in [2.75, 3.05) is 31.1 Å². The van der Waals surface area contributed by atoms with Gasteiger partial charge in [0, 0.05) is 25.8 Å². The molecule has 0 amide bonds. The van der Waals surface area contributed by atoms with Crippen LogP contribution in [0.3, 0.4) is 0 Å². The third-order valence-corrected chi connectivity index (χ3v) is 3.17. The normalized spacial score (nSPS) is 17.4. The van der Waals surface area contributed by atoms with Gasteiger partial charge in [0.05, 0.1) is 0 Å². The minimum absolute atomic E-state index is 0.850. The second kappa shape index (κ2) is 4.33. The van der Waals surface area contributed by atoms with Crippen LogP contribution in [0.15, 0.2) is 18.3 Å². The predicted octanol–water partition coefficient (Wildman–Crippen LogP) is 0.837. The van der Waals surface area contributed by atoms with E-state index in [9.17, 15) is 0 Å². The van der Waals surface area contributed by atoms with Gasteiger partial charge >= 0.3 is 0 Å². The van der Waals surface area contributed by atoms with Crippen molar-refractivity contribution in [2.45, 2.75) is 13.3 Å². The minimum Gasteiger partial charge on any atom is -0.338 e. The Balaban J connectivity index is 1.96. The number of fused-ring (bicyclic) bond motifs is 1. The topological polar surface area (TPSA) is 45.5 Å². The second-order valence-electron chi connectivity index (χ2n) is 4.46. The zero-order chi connectivity index (χ0) is 11.7. The molecule has 5 heteroatoms. The lowest BCUT2D eigenvalue weighted by atomic mass is 10.3. The van der Waals surface area contributed by atoms with Gasteiger partial charge in [-0.3, -0.25) is 0 Å². The predicted molar refractivity (Wildman–Crippen MR) is 67.4 cm³/mol. The first kappa shape index (κ1) is 10.5. The van der Waals surface area contributed by atoms with Gasteiger partial charge < -0.3 is 10.2 Å². The van der Waals surface area contributed by atoms with E-state index in [1.807, 2.05) is 16.8 Å². The van der Waals surface area contributed by atoms with Gasteiger partial charge in [-0.1, -0.05) is 6.07 Å². The zero-order valence-electron chi connectivity index (χ0n) is 10.1. The van der Waals surface area contributed by atoms with Crippen LogP contribution in [0.4, 0.5) is 5.95 Å². The Hall–Kier alpha value is -1.62. The van der Waals surface area contributed by atoms with Crippen molar-refractivity contribution in [1.29, 1.82) is 0 Å². The number of rotatable bonds is 1. The maximum absolute atomic E-state index is 4.63. The SMILES string of the molecule is Cc1cccn2nc(N3CCCNCC3)nc12. The summed E-state index contributed by atoms with van der Waals surface area (Å²) in [7, 11) is 0. The van der Waals surface area contributed by atoms with E-state index in [0.29, 0.717) is 0 Å². The number of nitrogens with one attached hydrogen (secondary N) is 1. The fourth-order valence-electron chi connectivity index (χ4n) is 2.21. The van der Waals surface area contributed by atoms with Crippen LogP contribution >= 0.6 is 0 Å². The Morgan fingerprint density at radius 3 is 3.12 bits per heavy atom. The maximum Gasteiger partial charge on any atom is 0.245 e. The zero-order valence-corrected chi connectivity index (χ0v) is 10.1. The molecule has 1 saturated heterocycles. The maximum atomic E-state index is 4.63. The molecule has 1 fully saturated rings. The lowest BCUT2D eigenvalue weighted by molar-refractivity contribution is 0.724. The minimum atomic E-state index is 0.850. The molecule has 2 aromatic rings. The van der Waals surface area contributed by atoms with Crippen molar-refractivity contribution in [3.05, 3.63) is 23.9 Å². The Labute approximate surface area is 100 Å². The summed E-state index contributed by atoms with van der Waals surface area (Å²) >= 11 is 0. The lowest BCUT2D eigenvalue weighted by Gasteiger charge is -2.16. The van der Waals surface area contributed by atoms with Crippen LogP contribution in [-0.4, -0.2) is 40.8 Å². The fraction of sp³-hybridized carbons (Fsp3) is 0.500. The summed E-state index contributed by atoms with van der Waals surface area (Å²) in [5, 5.41) is 7.93. The van der Waals surface area contributed by atoms with Crippen molar-refractivity contribution in [3.63, 3.8) is 0 Å². The van der Waals surface area contributed by atoms with Gasteiger partial charge in [-0.25, -0.2) is 4.52 Å². The van der Waals surface area contributed by atoms with Crippen molar-refractivity contribution in [1.82, 2.24) is 19.9 Å². The Morgan fingerprint density at radius 1 is 1.29 bits per heavy atom. The summed E-state index contributed by atoms with van der Waals surface area (Å²) < 4.78 is 1.86. The molecule has 0 radical (unpaired) electrons. The van der Waals surface area contributed by atoms with Gasteiger partial charge in [0.25, 0.3) is 0 Å². The first-order chi connectivity index (χ1) is 8.34. The average Bonchev–Trinajstić information content (AvgIpc) is 2.59. The molecular formula is C12H17N5. The van der Waals surface area contributed by atoms with E-state index < -0.39 is 0 Å². The van der Waals surface area contributed by atoms with E-state index in [1.54, 1.807) is 0 Å². The summed E-state index contributed by atoms with van der Waals surface area (Å²) in [6.07, 6.45) is 3.10. The monoisotopic (exact) mass is 231 g/mol. The van der Waals surface area contributed by atoms with E-state index in [-0.39, 0.29) is 0 Å². The first-order valence-corrected chi connectivity index (χ1v) is 6.12. The number of pyridine rings is 1. The Morgan fingerprint density at radius 2 is 2.24 bits per heavy atom. The number of hydrogen-bond acceptors (Lipinski definition) is 4. The molecule has 17 heavy (non-hydrogen) atoms. The largest absolute Gasteiger partial charge is 0.338 e. The van der Waals surface area contributed by atoms with E-state index in [2.05, 4.69) is 33.3 Å². The summed E-state index contributed by atoms with van der Waals surface area (Å²) in [5.41, 5.74) is 2.12. The lowest BCUT2D eigenvalue weighted by Crippen LogP contribution is -2.28. The molecule has 0 unspecified atom stereocenters. The van der Waals surface area contributed by atoms with Crippen molar-refractivity contribution in [2.24, 2.45) is 0 Å². The first-order valence-electron chi connectivity index (χ1n) is 6.12. The Bertz CT molecular complexity index is 511. The molecule has 0 atom stereocenters. The molecule has 0 spiro atoms. The highest BCUT2D eigenvalue weighted by Gasteiger charge is 2.14. The molecule has 1 N–H and O–H groups in total. The number of aryl methyl sites for hydroxylation is 1. The molecule has 3 rings (SSSR count). The van der Waals surface area contributed by atoms with Gasteiger partial charge in [-0.05, 0) is 31.5 Å². The van der Waals surface area contributed by atoms with Crippen molar-refractivity contribution in [3.8, 4) is 0 Å². The molecule has 0 saturated carbocycles. The molecule has 90 valence electrons. The molecule has 0 aromatic carbocycles. The summed E-state index contributed by atoms with van der Waals surface area (Å²) in [4.78, 5) is 6.88. The van der Waals surface area contributed by atoms with Gasteiger partial charge in [-0.15, -0.1) is 5.10 Å². The molecule has 2 aromatic heterocycles. The molecule has 3 heterocycles. The van der Waals surface area contributed by atoms with Gasteiger partial charge in [-0.2, -0.15) is 4.98 Å². The van der Waals surface area contributed by atoms with E-state index in [4.69, 9.17) is 0 Å². The standard InChI is InChI=1S/C12H17N5/c1-10-4-2-8-17-11(10)14-12(15-17)16-7-3-5-13-6-9-16/h2,4,8,13H,3,5-7,9H2,1H3. The molecule has 1 aliphatic heterocycles. The highest BCUT2D eigenvalue weighted by molar-refractivity contribution is 5.50. The van der Waals surface area contributed by atoms with Crippen LogP contribution in [0.5, 0.6) is 0 Å². The van der Waals surface area contributed by atoms with Gasteiger partial charge in [0.15, 0.2) is 5.65 Å². The van der Waals surface area contributed by atoms with Crippen LogP contribution in [0.1, 0.15) is 12.0 Å². The third kappa shape index (κ3) is 1.98. The van der Waals surface area contributed by atoms with Crippen LogP contribution < -0.4 is 10.2 Å². The number of aromatic nitrogens is 3. The highest BCUT2D eigenvalue weighted by Crippen LogP contribution is 2.14. The number of nitrogens with zero attached hydrogens (tertiary/aromatic N) is 4. The second-order valence-corrected chi connectivity index (χ2v) is 4.46. The molecule has 0 bridgehead atoms. The molecular weight excluding hydrogens is 214 g/mol. The smallest absolute Gasteiger partial charge is 0.245 e. The van der Waals surface area contributed by atoms with E-state index >= 15 is 0 Å². The number of anilines is 1.